The lowest BCUT2D eigenvalue weighted by atomic mass is 9.87. The maximum atomic E-state index is 11.7. The first-order valence-electron chi connectivity index (χ1n) is 6.15. The average Bonchev–Trinajstić information content (AvgIpc) is 3.08. The molecule has 1 aliphatic rings. The van der Waals surface area contributed by atoms with E-state index in [4.69, 9.17) is 10.8 Å². The number of hydrogen-bond donors (Lipinski definition) is 3. The van der Waals surface area contributed by atoms with Crippen molar-refractivity contribution in [2.45, 2.75) is 45.6 Å². The Hall–Kier alpha value is -1.10. The van der Waals surface area contributed by atoms with E-state index < -0.39 is 17.4 Å². The van der Waals surface area contributed by atoms with E-state index in [-0.39, 0.29) is 12.5 Å². The van der Waals surface area contributed by atoms with Gasteiger partial charge in [-0.2, -0.15) is 0 Å². The SMILES string of the molecule is CCC(C)(CNC(=O)C(N)CC1CC1)C(=O)O. The summed E-state index contributed by atoms with van der Waals surface area (Å²) in [5.41, 5.74) is 4.84. The number of amides is 1. The van der Waals surface area contributed by atoms with Gasteiger partial charge in [0.25, 0.3) is 0 Å². The number of nitrogens with two attached hydrogens (primary N) is 1. The highest BCUT2D eigenvalue weighted by molar-refractivity contribution is 5.82. The summed E-state index contributed by atoms with van der Waals surface area (Å²) in [4.78, 5) is 22.7. The standard InChI is InChI=1S/C12H22N2O3/c1-3-12(2,11(16)17)7-14-10(15)9(13)6-8-4-5-8/h8-9H,3-7,13H2,1-2H3,(H,14,15)(H,16,17). The minimum Gasteiger partial charge on any atom is -0.481 e. The number of carbonyl (C=O) groups excluding carboxylic acids is 1. The number of carboxylic acids is 1. The van der Waals surface area contributed by atoms with Gasteiger partial charge in [0.05, 0.1) is 11.5 Å². The van der Waals surface area contributed by atoms with Gasteiger partial charge in [-0.15, -0.1) is 0 Å². The summed E-state index contributed by atoms with van der Waals surface area (Å²) >= 11 is 0. The first-order valence-corrected chi connectivity index (χ1v) is 6.15. The van der Waals surface area contributed by atoms with Gasteiger partial charge in [0, 0.05) is 6.54 Å². The van der Waals surface area contributed by atoms with E-state index >= 15 is 0 Å². The van der Waals surface area contributed by atoms with Gasteiger partial charge in [-0.3, -0.25) is 9.59 Å². The van der Waals surface area contributed by atoms with Crippen LogP contribution < -0.4 is 11.1 Å². The quantitative estimate of drug-likeness (QED) is 0.613. The maximum Gasteiger partial charge on any atom is 0.311 e. The number of carbonyl (C=O) groups is 2. The second-order valence-corrected chi connectivity index (χ2v) is 5.22. The van der Waals surface area contributed by atoms with E-state index in [0.717, 1.165) is 12.8 Å². The van der Waals surface area contributed by atoms with Crippen LogP contribution in [0.4, 0.5) is 0 Å². The van der Waals surface area contributed by atoms with Crippen LogP contribution in [0.5, 0.6) is 0 Å². The van der Waals surface area contributed by atoms with Crippen LogP contribution in [-0.4, -0.2) is 29.6 Å². The van der Waals surface area contributed by atoms with Crippen LogP contribution in [-0.2, 0) is 9.59 Å². The highest BCUT2D eigenvalue weighted by Gasteiger charge is 2.33. The minimum atomic E-state index is -0.908. The Bertz CT molecular complexity index is 302. The topological polar surface area (TPSA) is 92.4 Å². The van der Waals surface area contributed by atoms with E-state index in [1.165, 1.54) is 0 Å². The maximum absolute atomic E-state index is 11.7. The summed E-state index contributed by atoms with van der Waals surface area (Å²) in [7, 11) is 0. The van der Waals surface area contributed by atoms with Crippen molar-refractivity contribution in [2.75, 3.05) is 6.54 Å². The van der Waals surface area contributed by atoms with Crippen LogP contribution in [0.1, 0.15) is 39.5 Å². The van der Waals surface area contributed by atoms with E-state index in [9.17, 15) is 9.59 Å². The Morgan fingerprint density at radius 2 is 2.12 bits per heavy atom. The van der Waals surface area contributed by atoms with Crippen LogP contribution in [0.3, 0.4) is 0 Å². The van der Waals surface area contributed by atoms with Crippen LogP contribution in [0, 0.1) is 11.3 Å². The summed E-state index contributed by atoms with van der Waals surface area (Å²) in [5.74, 6) is -0.540. The van der Waals surface area contributed by atoms with Crippen molar-refractivity contribution in [3.8, 4) is 0 Å². The number of carboxylic acid groups (broad SMARTS) is 1. The lowest BCUT2D eigenvalue weighted by Gasteiger charge is -2.24. The van der Waals surface area contributed by atoms with Crippen molar-refractivity contribution in [1.29, 1.82) is 0 Å². The predicted molar refractivity (Wildman–Crippen MR) is 64.4 cm³/mol. The molecule has 0 aromatic carbocycles. The monoisotopic (exact) mass is 242 g/mol. The van der Waals surface area contributed by atoms with Crippen molar-refractivity contribution < 1.29 is 14.7 Å². The Balaban J connectivity index is 2.37. The molecule has 98 valence electrons. The molecule has 1 aliphatic carbocycles. The minimum absolute atomic E-state index is 0.135. The molecule has 17 heavy (non-hydrogen) atoms. The Morgan fingerprint density at radius 1 is 1.53 bits per heavy atom. The molecule has 0 aliphatic heterocycles. The largest absolute Gasteiger partial charge is 0.481 e. The molecule has 1 rings (SSSR count). The second kappa shape index (κ2) is 5.49. The number of nitrogens with one attached hydrogen (secondary N) is 1. The third kappa shape index (κ3) is 4.00. The number of aliphatic carboxylic acids is 1. The zero-order valence-corrected chi connectivity index (χ0v) is 10.5. The Labute approximate surface area is 102 Å². The molecule has 0 aromatic heterocycles. The summed E-state index contributed by atoms with van der Waals surface area (Å²) < 4.78 is 0. The molecule has 0 saturated heterocycles. The molecule has 5 nitrogen and oxygen atoms in total. The van der Waals surface area contributed by atoms with Gasteiger partial charge in [0.1, 0.15) is 0 Å². The molecular weight excluding hydrogens is 220 g/mol. The fraction of sp³-hybridized carbons (Fsp3) is 0.833. The third-order valence-corrected chi connectivity index (χ3v) is 3.57. The smallest absolute Gasteiger partial charge is 0.311 e. The molecule has 5 heteroatoms. The normalized spacial score (nSPS) is 20.4. The molecule has 1 fully saturated rings. The molecular formula is C12H22N2O3. The molecule has 0 bridgehead atoms. The highest BCUT2D eigenvalue weighted by Crippen LogP contribution is 2.33. The van der Waals surface area contributed by atoms with Crippen molar-refractivity contribution in [2.24, 2.45) is 17.1 Å². The fourth-order valence-corrected chi connectivity index (χ4v) is 1.58. The molecule has 4 N–H and O–H groups in total. The Morgan fingerprint density at radius 3 is 2.53 bits per heavy atom. The van der Waals surface area contributed by atoms with Gasteiger partial charge < -0.3 is 16.2 Å². The molecule has 2 atom stereocenters. The van der Waals surface area contributed by atoms with Crippen molar-refractivity contribution in [3.05, 3.63) is 0 Å². The predicted octanol–water partition coefficient (Wildman–Crippen LogP) is 0.731. The Kier molecular flexibility index (Phi) is 4.51. The van der Waals surface area contributed by atoms with Crippen LogP contribution in [0.2, 0.25) is 0 Å². The van der Waals surface area contributed by atoms with Crippen LogP contribution >= 0.6 is 0 Å². The van der Waals surface area contributed by atoms with Crippen molar-refractivity contribution in [1.82, 2.24) is 5.32 Å². The first kappa shape index (κ1) is 14.0. The third-order valence-electron chi connectivity index (χ3n) is 3.57. The van der Waals surface area contributed by atoms with Gasteiger partial charge in [-0.05, 0) is 25.7 Å². The lowest BCUT2D eigenvalue weighted by Crippen LogP contribution is -2.47. The van der Waals surface area contributed by atoms with Gasteiger partial charge in [-0.1, -0.05) is 19.8 Å². The molecule has 2 unspecified atom stereocenters. The van der Waals surface area contributed by atoms with Crippen LogP contribution in [0.25, 0.3) is 0 Å². The summed E-state index contributed by atoms with van der Waals surface area (Å²) in [6, 6.07) is -0.502. The van der Waals surface area contributed by atoms with Crippen molar-refractivity contribution >= 4 is 11.9 Å². The van der Waals surface area contributed by atoms with Gasteiger partial charge in [0.15, 0.2) is 0 Å². The van der Waals surface area contributed by atoms with Crippen molar-refractivity contribution in [3.63, 3.8) is 0 Å². The fourth-order valence-electron chi connectivity index (χ4n) is 1.58. The molecule has 1 saturated carbocycles. The lowest BCUT2D eigenvalue weighted by molar-refractivity contribution is -0.148. The summed E-state index contributed by atoms with van der Waals surface area (Å²) in [6.07, 6.45) is 3.49. The van der Waals surface area contributed by atoms with E-state index in [2.05, 4.69) is 5.32 Å². The van der Waals surface area contributed by atoms with Gasteiger partial charge in [-0.25, -0.2) is 0 Å². The van der Waals surface area contributed by atoms with Gasteiger partial charge in [0.2, 0.25) is 5.91 Å². The second-order valence-electron chi connectivity index (χ2n) is 5.22. The summed E-state index contributed by atoms with van der Waals surface area (Å²) in [5, 5.41) is 11.7. The highest BCUT2D eigenvalue weighted by atomic mass is 16.4. The molecule has 1 amide bonds. The zero-order chi connectivity index (χ0) is 13.1. The summed E-state index contributed by atoms with van der Waals surface area (Å²) in [6.45, 7) is 3.56. The first-order chi connectivity index (χ1) is 7.89. The zero-order valence-electron chi connectivity index (χ0n) is 10.5. The van der Waals surface area contributed by atoms with Gasteiger partial charge >= 0.3 is 5.97 Å². The average molecular weight is 242 g/mol. The van der Waals surface area contributed by atoms with E-state index in [1.807, 2.05) is 0 Å². The number of rotatable bonds is 7. The number of hydrogen-bond acceptors (Lipinski definition) is 3. The molecule has 0 heterocycles. The molecule has 0 radical (unpaired) electrons. The van der Waals surface area contributed by atoms with Crippen LogP contribution in [0.15, 0.2) is 0 Å². The van der Waals surface area contributed by atoms with E-state index in [0.29, 0.717) is 18.8 Å². The molecule has 0 aromatic rings. The van der Waals surface area contributed by atoms with E-state index in [1.54, 1.807) is 13.8 Å². The molecule has 0 spiro atoms.